The molecule has 0 unspecified atom stereocenters. The zero-order chi connectivity index (χ0) is 13.8. The Bertz CT molecular complexity index is 618. The van der Waals surface area contributed by atoms with Crippen molar-refractivity contribution in [3.8, 4) is 17.5 Å². The second-order valence-corrected chi connectivity index (χ2v) is 4.39. The van der Waals surface area contributed by atoms with Gasteiger partial charge in [0.2, 0.25) is 0 Å². The molecule has 0 fully saturated rings. The maximum Gasteiger partial charge on any atom is 0.322 e. The van der Waals surface area contributed by atoms with Gasteiger partial charge in [0.25, 0.3) is 0 Å². The Kier molecular flexibility index (Phi) is 3.96. The number of hydrogen-bond acceptors (Lipinski definition) is 5. The van der Waals surface area contributed by atoms with Gasteiger partial charge in [-0.05, 0) is 40.2 Å². The van der Waals surface area contributed by atoms with E-state index in [1.807, 2.05) is 0 Å². The van der Waals surface area contributed by atoms with Gasteiger partial charge in [-0.2, -0.15) is 4.98 Å². The second kappa shape index (κ2) is 5.66. The third kappa shape index (κ3) is 3.19. The van der Waals surface area contributed by atoms with Crippen LogP contribution in [0.5, 0.6) is 17.5 Å². The highest BCUT2D eigenvalue weighted by molar-refractivity contribution is 9.10. The van der Waals surface area contributed by atoms with Gasteiger partial charge in [-0.1, -0.05) is 0 Å². The summed E-state index contributed by atoms with van der Waals surface area (Å²) in [4.78, 5) is 7.98. The van der Waals surface area contributed by atoms with Crippen LogP contribution in [0.15, 0.2) is 34.9 Å². The molecule has 0 saturated carbocycles. The van der Waals surface area contributed by atoms with E-state index in [4.69, 9.17) is 20.6 Å². The maximum absolute atomic E-state index is 7.31. The molecule has 7 heteroatoms. The molecular formula is C12H11BrN4O2. The molecule has 98 valence electrons. The maximum atomic E-state index is 7.31. The molecule has 0 atom stereocenters. The van der Waals surface area contributed by atoms with E-state index in [-0.39, 0.29) is 11.8 Å². The topological polar surface area (TPSA) is 94.1 Å². The number of halogens is 1. The van der Waals surface area contributed by atoms with Crippen LogP contribution < -0.4 is 15.2 Å². The lowest BCUT2D eigenvalue weighted by molar-refractivity contribution is 0.409. The Morgan fingerprint density at radius 2 is 2.16 bits per heavy atom. The fraction of sp³-hybridized carbons (Fsp3) is 0.0833. The Balaban J connectivity index is 2.26. The second-order valence-electron chi connectivity index (χ2n) is 3.54. The summed E-state index contributed by atoms with van der Waals surface area (Å²) in [7, 11) is 1.59. The normalized spacial score (nSPS) is 10.0. The summed E-state index contributed by atoms with van der Waals surface area (Å²) in [6.07, 6.45) is 1.48. The Hall–Kier alpha value is -2.15. The highest BCUT2D eigenvalue weighted by Gasteiger charge is 2.08. The monoisotopic (exact) mass is 322 g/mol. The number of hydrogen-bond donors (Lipinski definition) is 2. The Morgan fingerprint density at radius 1 is 1.37 bits per heavy atom. The molecule has 1 heterocycles. The summed E-state index contributed by atoms with van der Waals surface area (Å²) in [6.45, 7) is 0. The zero-order valence-corrected chi connectivity index (χ0v) is 11.6. The molecule has 1 aromatic carbocycles. The number of ether oxygens (including phenoxy) is 2. The highest BCUT2D eigenvalue weighted by Crippen LogP contribution is 2.31. The van der Waals surface area contributed by atoms with E-state index >= 15 is 0 Å². The van der Waals surface area contributed by atoms with Gasteiger partial charge >= 0.3 is 6.01 Å². The smallest absolute Gasteiger partial charge is 0.322 e. The molecule has 0 aliphatic carbocycles. The molecule has 3 N–H and O–H groups in total. The number of nitrogens with one attached hydrogen (secondary N) is 1. The molecule has 0 radical (unpaired) electrons. The van der Waals surface area contributed by atoms with E-state index in [9.17, 15) is 0 Å². The fourth-order valence-electron chi connectivity index (χ4n) is 1.33. The van der Waals surface area contributed by atoms with Crippen molar-refractivity contribution in [3.05, 3.63) is 40.6 Å². The Morgan fingerprint density at radius 3 is 2.79 bits per heavy atom. The quantitative estimate of drug-likeness (QED) is 0.665. The van der Waals surface area contributed by atoms with Crippen molar-refractivity contribution in [1.82, 2.24) is 9.97 Å². The van der Waals surface area contributed by atoms with Gasteiger partial charge in [0.1, 0.15) is 23.0 Å². The lowest BCUT2D eigenvalue weighted by atomic mass is 10.3. The molecular weight excluding hydrogens is 312 g/mol. The molecule has 1 aromatic heterocycles. The van der Waals surface area contributed by atoms with Gasteiger partial charge in [0, 0.05) is 6.20 Å². The predicted molar refractivity (Wildman–Crippen MR) is 73.8 cm³/mol. The van der Waals surface area contributed by atoms with Crippen LogP contribution in [0.4, 0.5) is 0 Å². The van der Waals surface area contributed by atoms with Gasteiger partial charge in [-0.25, -0.2) is 4.98 Å². The number of amidine groups is 1. The van der Waals surface area contributed by atoms with Crippen molar-refractivity contribution in [1.29, 1.82) is 5.41 Å². The summed E-state index contributed by atoms with van der Waals surface area (Å²) < 4.78 is 11.3. The number of nitrogen functional groups attached to an aromatic ring is 1. The third-order valence-corrected chi connectivity index (χ3v) is 2.87. The molecule has 0 saturated heterocycles. The summed E-state index contributed by atoms with van der Waals surface area (Å²) >= 11 is 3.37. The van der Waals surface area contributed by atoms with E-state index in [1.54, 1.807) is 25.3 Å². The third-order valence-electron chi connectivity index (χ3n) is 2.25. The van der Waals surface area contributed by atoms with Gasteiger partial charge in [0.05, 0.1) is 11.6 Å². The van der Waals surface area contributed by atoms with Gasteiger partial charge in [-0.15, -0.1) is 0 Å². The lowest BCUT2D eigenvalue weighted by Crippen LogP contribution is -2.13. The van der Waals surface area contributed by atoms with Crippen molar-refractivity contribution >= 4 is 21.8 Å². The minimum Gasteiger partial charge on any atom is -0.497 e. The zero-order valence-electron chi connectivity index (χ0n) is 10.1. The van der Waals surface area contributed by atoms with Crippen LogP contribution in [0.2, 0.25) is 0 Å². The first-order valence-electron chi connectivity index (χ1n) is 5.29. The predicted octanol–water partition coefficient (Wildman–Crippen LogP) is 2.32. The molecule has 0 aliphatic rings. The summed E-state index contributed by atoms with van der Waals surface area (Å²) in [5, 5.41) is 7.31. The van der Waals surface area contributed by atoms with Gasteiger partial charge in [-0.3, -0.25) is 5.41 Å². The van der Waals surface area contributed by atoms with Crippen LogP contribution in [0.25, 0.3) is 0 Å². The number of rotatable bonds is 4. The molecule has 2 aromatic rings. The fourth-order valence-corrected chi connectivity index (χ4v) is 1.77. The minimum atomic E-state index is -0.138. The molecule has 0 amide bonds. The van der Waals surface area contributed by atoms with E-state index in [0.717, 1.165) is 0 Å². The summed E-state index contributed by atoms with van der Waals surface area (Å²) in [6, 6.07) is 6.92. The van der Waals surface area contributed by atoms with Crippen molar-refractivity contribution < 1.29 is 9.47 Å². The number of benzene rings is 1. The van der Waals surface area contributed by atoms with Crippen LogP contribution in [-0.4, -0.2) is 22.9 Å². The molecule has 6 nitrogen and oxygen atoms in total. The average molecular weight is 323 g/mol. The molecule has 0 bridgehead atoms. The van der Waals surface area contributed by atoms with Crippen LogP contribution in [0.3, 0.4) is 0 Å². The first-order chi connectivity index (χ1) is 9.10. The van der Waals surface area contributed by atoms with Crippen LogP contribution in [0.1, 0.15) is 5.69 Å². The van der Waals surface area contributed by atoms with E-state index in [0.29, 0.717) is 21.7 Å². The van der Waals surface area contributed by atoms with E-state index < -0.39 is 0 Å². The number of nitrogens with two attached hydrogens (primary N) is 1. The number of aromatic nitrogens is 2. The Labute approximate surface area is 118 Å². The number of methoxy groups -OCH3 is 1. The van der Waals surface area contributed by atoms with Crippen molar-refractivity contribution in [2.75, 3.05) is 7.11 Å². The first kappa shape index (κ1) is 13.3. The molecule has 0 aliphatic heterocycles. The number of nitrogens with zero attached hydrogens (tertiary/aromatic N) is 2. The SMILES string of the molecule is COc1ccc(Oc2nccc(C(=N)N)n2)c(Br)c1. The molecule has 0 spiro atoms. The van der Waals surface area contributed by atoms with Crippen LogP contribution >= 0.6 is 15.9 Å². The van der Waals surface area contributed by atoms with Crippen molar-refractivity contribution in [2.45, 2.75) is 0 Å². The first-order valence-corrected chi connectivity index (χ1v) is 6.08. The molecule has 19 heavy (non-hydrogen) atoms. The van der Waals surface area contributed by atoms with E-state index in [2.05, 4.69) is 25.9 Å². The van der Waals surface area contributed by atoms with E-state index in [1.165, 1.54) is 12.3 Å². The summed E-state index contributed by atoms with van der Waals surface area (Å²) in [5.74, 6) is 1.11. The van der Waals surface area contributed by atoms with Crippen LogP contribution in [0, 0.1) is 5.41 Å². The molecule has 2 rings (SSSR count). The highest BCUT2D eigenvalue weighted by atomic mass is 79.9. The van der Waals surface area contributed by atoms with Gasteiger partial charge in [0.15, 0.2) is 0 Å². The standard InChI is InChI=1S/C12H11BrN4O2/c1-18-7-2-3-10(8(13)6-7)19-12-16-5-4-9(17-12)11(14)15/h2-6H,1H3,(H3,14,15). The largest absolute Gasteiger partial charge is 0.497 e. The lowest BCUT2D eigenvalue weighted by Gasteiger charge is -2.08. The average Bonchev–Trinajstić information content (AvgIpc) is 2.41. The van der Waals surface area contributed by atoms with Crippen molar-refractivity contribution in [2.24, 2.45) is 5.73 Å². The van der Waals surface area contributed by atoms with Crippen molar-refractivity contribution in [3.63, 3.8) is 0 Å². The van der Waals surface area contributed by atoms with Gasteiger partial charge < -0.3 is 15.2 Å². The summed E-state index contributed by atoms with van der Waals surface area (Å²) in [5.41, 5.74) is 5.67. The van der Waals surface area contributed by atoms with Crippen LogP contribution in [-0.2, 0) is 0 Å². The minimum absolute atomic E-state index is 0.124.